The number of amides is 1. The minimum absolute atomic E-state index is 0.385. The molecule has 1 aromatic heterocycles. The first-order chi connectivity index (χ1) is 14.2. The summed E-state index contributed by atoms with van der Waals surface area (Å²) in [6.45, 7) is 0.707. The average molecular weight is 395 g/mol. The Morgan fingerprint density at radius 1 is 1.21 bits per heavy atom. The number of carbonyl (C=O) groups excluding carboxylic acids is 1. The molecule has 0 spiro atoms. The lowest BCUT2D eigenvalue weighted by Crippen LogP contribution is -2.32. The van der Waals surface area contributed by atoms with E-state index in [0.717, 1.165) is 47.2 Å². The Morgan fingerprint density at radius 2 is 2.00 bits per heavy atom. The minimum Gasteiger partial charge on any atom is -0.497 e. The van der Waals surface area contributed by atoms with Gasteiger partial charge in [-0.1, -0.05) is 30.3 Å². The number of methoxy groups -OCH3 is 2. The van der Waals surface area contributed by atoms with Crippen LogP contribution in [0.15, 0.2) is 42.5 Å². The third kappa shape index (κ3) is 3.49. The zero-order chi connectivity index (χ0) is 20.4. The third-order valence-corrected chi connectivity index (χ3v) is 5.46. The van der Waals surface area contributed by atoms with Gasteiger partial charge in [0.1, 0.15) is 17.6 Å². The monoisotopic (exact) mass is 395 g/mol. The van der Waals surface area contributed by atoms with E-state index in [-0.39, 0.29) is 6.10 Å². The Kier molecular flexibility index (Phi) is 5.31. The Morgan fingerprint density at radius 3 is 2.69 bits per heavy atom. The van der Waals surface area contributed by atoms with Crippen LogP contribution in [0.3, 0.4) is 0 Å². The van der Waals surface area contributed by atoms with Crippen LogP contribution in [0.2, 0.25) is 0 Å². The topological polar surface area (TPSA) is 87.7 Å². The van der Waals surface area contributed by atoms with Crippen LogP contribution >= 0.6 is 0 Å². The van der Waals surface area contributed by atoms with E-state index >= 15 is 0 Å². The van der Waals surface area contributed by atoms with Crippen molar-refractivity contribution in [2.75, 3.05) is 14.2 Å². The molecule has 0 radical (unpaired) electrons. The fourth-order valence-corrected chi connectivity index (χ4v) is 4.22. The minimum atomic E-state index is -0.640. The Hall–Kier alpha value is -3.19. The first-order valence-electron chi connectivity index (χ1n) is 9.64. The summed E-state index contributed by atoms with van der Waals surface area (Å²) in [5.41, 5.74) is 6.40. The summed E-state index contributed by atoms with van der Waals surface area (Å²) in [4.78, 5) is 11.9. The van der Waals surface area contributed by atoms with Gasteiger partial charge < -0.3 is 18.8 Å². The molecule has 152 valence electrons. The molecule has 0 aliphatic heterocycles. The molecule has 0 fully saturated rings. The highest BCUT2D eigenvalue weighted by Crippen LogP contribution is 2.45. The first kappa shape index (κ1) is 19.1. The molecule has 7 heteroatoms. The van der Waals surface area contributed by atoms with Gasteiger partial charge in [0.25, 0.3) is 0 Å². The van der Waals surface area contributed by atoms with Gasteiger partial charge in [-0.05, 0) is 24.8 Å². The number of aromatic nitrogens is 1. The molecule has 3 N–H and O–H groups in total. The number of rotatable bonds is 5. The summed E-state index contributed by atoms with van der Waals surface area (Å²) < 4.78 is 19.1. The van der Waals surface area contributed by atoms with E-state index < -0.39 is 6.09 Å². The zero-order valence-corrected chi connectivity index (χ0v) is 16.6. The Bertz CT molecular complexity index is 1030. The van der Waals surface area contributed by atoms with Crippen molar-refractivity contribution in [2.24, 2.45) is 5.84 Å². The predicted octanol–water partition coefficient (Wildman–Crippen LogP) is 3.68. The van der Waals surface area contributed by atoms with Crippen LogP contribution in [0.25, 0.3) is 10.9 Å². The standard InChI is InChI=1S/C22H25N3O4/c1-27-15-11-17-21(19(12-15)28-2)20-16(9-6-10-18(20)29-22(26)24-23)25(17)13-14-7-4-3-5-8-14/h3-5,7-8,11-12,18H,6,9-10,13,23H2,1-2H3,(H,24,26). The lowest BCUT2D eigenvalue weighted by atomic mass is 9.92. The molecule has 7 nitrogen and oxygen atoms in total. The van der Waals surface area contributed by atoms with Gasteiger partial charge in [-0.25, -0.2) is 10.6 Å². The summed E-state index contributed by atoms with van der Waals surface area (Å²) in [7, 11) is 3.28. The van der Waals surface area contributed by atoms with Crippen molar-refractivity contribution >= 4 is 17.0 Å². The van der Waals surface area contributed by atoms with Crippen molar-refractivity contribution in [2.45, 2.75) is 31.9 Å². The smallest absolute Gasteiger partial charge is 0.422 e. The van der Waals surface area contributed by atoms with Crippen molar-refractivity contribution in [3.05, 3.63) is 59.3 Å². The average Bonchev–Trinajstić information content (AvgIpc) is 3.08. The van der Waals surface area contributed by atoms with Crippen LogP contribution < -0.4 is 20.7 Å². The van der Waals surface area contributed by atoms with Gasteiger partial charge in [-0.15, -0.1) is 0 Å². The zero-order valence-electron chi connectivity index (χ0n) is 16.6. The number of nitrogens with two attached hydrogens (primary N) is 1. The van der Waals surface area contributed by atoms with Crippen molar-refractivity contribution in [1.29, 1.82) is 0 Å². The second kappa shape index (κ2) is 8.05. The highest BCUT2D eigenvalue weighted by molar-refractivity contribution is 5.93. The number of fused-ring (bicyclic) bond motifs is 3. The van der Waals surface area contributed by atoms with Crippen molar-refractivity contribution in [3.63, 3.8) is 0 Å². The maximum absolute atomic E-state index is 11.9. The predicted molar refractivity (Wildman–Crippen MR) is 110 cm³/mol. The van der Waals surface area contributed by atoms with Crippen LogP contribution in [-0.4, -0.2) is 24.9 Å². The number of hydrazine groups is 1. The fraction of sp³-hybridized carbons (Fsp3) is 0.318. The summed E-state index contributed by atoms with van der Waals surface area (Å²) in [5.74, 6) is 6.67. The van der Waals surface area contributed by atoms with Gasteiger partial charge in [0, 0.05) is 35.3 Å². The van der Waals surface area contributed by atoms with Crippen LogP contribution in [0.5, 0.6) is 11.5 Å². The van der Waals surface area contributed by atoms with Crippen molar-refractivity contribution in [3.8, 4) is 11.5 Å². The van der Waals surface area contributed by atoms with Gasteiger partial charge in [0.2, 0.25) is 0 Å². The number of carbonyl (C=O) groups is 1. The van der Waals surface area contributed by atoms with E-state index in [0.29, 0.717) is 12.3 Å². The largest absolute Gasteiger partial charge is 0.497 e. The first-order valence-corrected chi connectivity index (χ1v) is 9.64. The van der Waals surface area contributed by atoms with E-state index in [9.17, 15) is 4.79 Å². The fourth-order valence-electron chi connectivity index (χ4n) is 4.22. The van der Waals surface area contributed by atoms with Crippen LogP contribution in [0, 0.1) is 0 Å². The molecule has 1 atom stereocenters. The molecule has 1 heterocycles. The van der Waals surface area contributed by atoms with Gasteiger partial charge >= 0.3 is 6.09 Å². The molecule has 29 heavy (non-hydrogen) atoms. The summed E-state index contributed by atoms with van der Waals surface area (Å²) >= 11 is 0. The second-order valence-electron chi connectivity index (χ2n) is 7.09. The van der Waals surface area contributed by atoms with E-state index in [4.69, 9.17) is 20.1 Å². The molecule has 2 aromatic carbocycles. The van der Waals surface area contributed by atoms with Gasteiger partial charge in [-0.3, -0.25) is 5.43 Å². The van der Waals surface area contributed by atoms with E-state index in [1.54, 1.807) is 14.2 Å². The SMILES string of the molecule is COc1cc(OC)c2c3c(n(Cc4ccccc4)c2c1)CCCC3OC(=O)NN. The molecule has 0 saturated heterocycles. The number of ether oxygens (including phenoxy) is 3. The van der Waals surface area contributed by atoms with Gasteiger partial charge in [0.05, 0.1) is 19.7 Å². The lowest BCUT2D eigenvalue weighted by Gasteiger charge is -2.24. The van der Waals surface area contributed by atoms with Gasteiger partial charge in [-0.2, -0.15) is 0 Å². The van der Waals surface area contributed by atoms with E-state index in [2.05, 4.69) is 22.1 Å². The van der Waals surface area contributed by atoms with Crippen LogP contribution in [0.4, 0.5) is 4.79 Å². The number of nitrogens with one attached hydrogen (secondary N) is 1. The van der Waals surface area contributed by atoms with Gasteiger partial charge in [0.15, 0.2) is 0 Å². The quantitative estimate of drug-likeness (QED) is 0.391. The van der Waals surface area contributed by atoms with Crippen molar-refractivity contribution < 1.29 is 19.0 Å². The summed E-state index contributed by atoms with van der Waals surface area (Å²) in [6.07, 6.45) is 1.52. The molecule has 1 amide bonds. The Balaban J connectivity index is 1.95. The molecule has 0 bridgehead atoms. The molecule has 4 rings (SSSR count). The second-order valence-corrected chi connectivity index (χ2v) is 7.09. The molecular formula is C22H25N3O4. The molecular weight excluding hydrogens is 370 g/mol. The van der Waals surface area contributed by atoms with Crippen LogP contribution in [-0.2, 0) is 17.7 Å². The summed E-state index contributed by atoms with van der Waals surface area (Å²) in [6, 6.07) is 14.2. The molecule has 3 aromatic rings. The van der Waals surface area contributed by atoms with E-state index in [1.165, 1.54) is 5.56 Å². The Labute approximate surface area is 169 Å². The van der Waals surface area contributed by atoms with Crippen molar-refractivity contribution in [1.82, 2.24) is 9.99 Å². The number of hydrogen-bond acceptors (Lipinski definition) is 5. The van der Waals surface area contributed by atoms with E-state index in [1.807, 2.05) is 30.3 Å². The summed E-state index contributed by atoms with van der Waals surface area (Å²) in [5, 5.41) is 0.953. The third-order valence-electron chi connectivity index (χ3n) is 5.46. The molecule has 0 saturated carbocycles. The highest BCUT2D eigenvalue weighted by Gasteiger charge is 2.32. The number of hydrogen-bond donors (Lipinski definition) is 2. The lowest BCUT2D eigenvalue weighted by molar-refractivity contribution is 0.0878. The maximum Gasteiger partial charge on any atom is 0.422 e. The normalized spacial score (nSPS) is 15.6. The maximum atomic E-state index is 11.9. The molecule has 1 aliphatic rings. The highest BCUT2D eigenvalue weighted by atomic mass is 16.6. The number of benzene rings is 2. The molecule has 1 unspecified atom stereocenters. The van der Waals surface area contributed by atoms with Crippen LogP contribution in [0.1, 0.15) is 35.8 Å². The molecule has 1 aliphatic carbocycles. The number of nitrogens with zero attached hydrogens (tertiary/aromatic N) is 1.